The summed E-state index contributed by atoms with van der Waals surface area (Å²) in [6.07, 6.45) is 5.19. The van der Waals surface area contributed by atoms with E-state index in [4.69, 9.17) is 9.57 Å². The minimum absolute atomic E-state index is 0.277. The molecule has 1 amide bonds. The molecule has 1 unspecified atom stereocenters. The van der Waals surface area contributed by atoms with E-state index in [1.807, 2.05) is 64.4 Å². The molecular weight excluding hydrogens is 524 g/mol. The molecule has 0 spiro atoms. The van der Waals surface area contributed by atoms with Crippen molar-refractivity contribution in [1.29, 1.82) is 0 Å². The van der Waals surface area contributed by atoms with Gasteiger partial charge in [0.15, 0.2) is 6.29 Å². The highest BCUT2D eigenvalue weighted by Crippen LogP contribution is 2.28. The molecule has 11 heteroatoms. The summed E-state index contributed by atoms with van der Waals surface area (Å²) in [5, 5.41) is 3.18. The number of aromatic nitrogens is 2. The minimum atomic E-state index is -0.510. The zero-order valence-electron chi connectivity index (χ0n) is 22.4. The summed E-state index contributed by atoms with van der Waals surface area (Å²) in [6.45, 7) is 2.76. The van der Waals surface area contributed by atoms with E-state index in [1.54, 1.807) is 0 Å². The van der Waals surface area contributed by atoms with Crippen LogP contribution in [0.4, 0.5) is 23.0 Å². The summed E-state index contributed by atoms with van der Waals surface area (Å²) in [5.74, 6) is 0.0452. The van der Waals surface area contributed by atoms with E-state index in [1.165, 1.54) is 12.4 Å². The van der Waals surface area contributed by atoms with Gasteiger partial charge in [0.2, 0.25) is 5.95 Å². The maximum absolute atomic E-state index is 12.6. The zero-order valence-corrected chi connectivity index (χ0v) is 22.4. The smallest absolute Gasteiger partial charge is 0.278 e. The van der Waals surface area contributed by atoms with E-state index < -0.39 is 23.1 Å². The van der Waals surface area contributed by atoms with Crippen LogP contribution in [0, 0.1) is 0 Å². The number of hydrogen-bond acceptors (Lipinski definition) is 10. The molecule has 3 aromatic carbocycles. The van der Waals surface area contributed by atoms with Gasteiger partial charge in [-0.2, -0.15) is 0 Å². The third kappa shape index (κ3) is 5.81. The third-order valence-electron chi connectivity index (χ3n) is 7.32. The Balaban J connectivity index is 1.06. The quantitative estimate of drug-likeness (QED) is 0.248. The number of benzene rings is 2. The van der Waals surface area contributed by atoms with Crippen LogP contribution in [0.25, 0.3) is 11.1 Å². The Labute approximate surface area is 236 Å². The Hall–Kier alpha value is -4.61. The van der Waals surface area contributed by atoms with Gasteiger partial charge in [-0.1, -0.05) is 42.5 Å². The van der Waals surface area contributed by atoms with Crippen molar-refractivity contribution in [3.63, 3.8) is 0 Å². The van der Waals surface area contributed by atoms with E-state index in [9.17, 15) is 14.4 Å². The van der Waals surface area contributed by atoms with E-state index in [2.05, 4.69) is 20.8 Å². The van der Waals surface area contributed by atoms with Gasteiger partial charge in [-0.05, 0) is 36.1 Å². The van der Waals surface area contributed by atoms with Crippen LogP contribution < -0.4 is 31.5 Å². The largest absolute Gasteiger partial charge is 0.363 e. The molecule has 2 saturated heterocycles. The van der Waals surface area contributed by atoms with Crippen molar-refractivity contribution in [2.75, 3.05) is 47.9 Å². The van der Waals surface area contributed by atoms with Gasteiger partial charge in [-0.25, -0.2) is 20.3 Å². The van der Waals surface area contributed by atoms with E-state index in [0.717, 1.165) is 36.1 Å². The van der Waals surface area contributed by atoms with Crippen molar-refractivity contribution < 1.29 is 14.4 Å². The molecule has 2 N–H and O–H groups in total. The van der Waals surface area contributed by atoms with Gasteiger partial charge in [0.25, 0.3) is 16.8 Å². The maximum Gasteiger partial charge on any atom is 0.278 e. The molecular formula is C30H30N6O5. The summed E-state index contributed by atoms with van der Waals surface area (Å²) in [5.41, 5.74) is 5.25. The van der Waals surface area contributed by atoms with Crippen LogP contribution in [0.3, 0.4) is 0 Å². The Morgan fingerprint density at radius 2 is 1.61 bits per heavy atom. The molecule has 210 valence electrons. The molecule has 0 radical (unpaired) electrons. The molecule has 3 heterocycles. The van der Waals surface area contributed by atoms with Gasteiger partial charge in [-0.15, -0.1) is 0 Å². The summed E-state index contributed by atoms with van der Waals surface area (Å²) >= 11 is 0. The fourth-order valence-electron chi connectivity index (χ4n) is 5.06. The third-order valence-corrected chi connectivity index (χ3v) is 7.32. The van der Waals surface area contributed by atoms with Gasteiger partial charge in [0.1, 0.15) is 11.4 Å². The predicted molar refractivity (Wildman–Crippen MR) is 155 cm³/mol. The monoisotopic (exact) mass is 554 g/mol. The van der Waals surface area contributed by atoms with Crippen LogP contribution in [0.2, 0.25) is 0 Å². The SMILES string of the molecule is O=C(NOC1CCCCO1)c1cnc(N2CCN(c3c(Nc4cccc(-c5ccccc5)c4)c(=O)c3=O)CC2)nc1. The Morgan fingerprint density at radius 1 is 0.878 bits per heavy atom. The lowest BCUT2D eigenvalue weighted by Crippen LogP contribution is -2.51. The topological polar surface area (TPSA) is 126 Å². The first-order valence-electron chi connectivity index (χ1n) is 13.7. The maximum atomic E-state index is 12.6. The highest BCUT2D eigenvalue weighted by atomic mass is 16.8. The van der Waals surface area contributed by atoms with Crippen LogP contribution >= 0.6 is 0 Å². The highest BCUT2D eigenvalue weighted by Gasteiger charge is 2.29. The average Bonchev–Trinajstić information content (AvgIpc) is 3.04. The summed E-state index contributed by atoms with van der Waals surface area (Å²) in [6, 6.07) is 17.7. The van der Waals surface area contributed by atoms with Gasteiger partial charge in [0, 0.05) is 57.3 Å². The van der Waals surface area contributed by atoms with Gasteiger partial charge < -0.3 is 19.9 Å². The fourth-order valence-corrected chi connectivity index (χ4v) is 5.06. The number of rotatable bonds is 8. The van der Waals surface area contributed by atoms with Crippen molar-refractivity contribution in [3.05, 3.63) is 93.0 Å². The van der Waals surface area contributed by atoms with E-state index in [-0.39, 0.29) is 5.56 Å². The van der Waals surface area contributed by atoms with Gasteiger partial charge >= 0.3 is 0 Å². The van der Waals surface area contributed by atoms with Crippen LogP contribution in [-0.4, -0.2) is 55.0 Å². The first-order valence-corrected chi connectivity index (χ1v) is 13.7. The Kier molecular flexibility index (Phi) is 7.70. The van der Waals surface area contributed by atoms with Crippen molar-refractivity contribution >= 4 is 28.9 Å². The minimum Gasteiger partial charge on any atom is -0.363 e. The number of amides is 1. The lowest BCUT2D eigenvalue weighted by atomic mass is 10.0. The lowest BCUT2D eigenvalue weighted by molar-refractivity contribution is -0.186. The molecule has 0 saturated carbocycles. The van der Waals surface area contributed by atoms with E-state index in [0.29, 0.717) is 50.1 Å². The molecule has 1 aromatic heterocycles. The molecule has 2 fully saturated rings. The molecule has 1 atom stereocenters. The molecule has 0 aliphatic carbocycles. The highest BCUT2D eigenvalue weighted by molar-refractivity contribution is 5.92. The Morgan fingerprint density at radius 3 is 2.34 bits per heavy atom. The fraction of sp³-hybridized carbons (Fsp3) is 0.300. The molecule has 6 rings (SSSR count). The van der Waals surface area contributed by atoms with Crippen molar-refractivity contribution in [2.24, 2.45) is 0 Å². The number of nitrogens with zero attached hydrogens (tertiary/aromatic N) is 4. The van der Waals surface area contributed by atoms with Gasteiger partial charge in [0.05, 0.1) is 5.56 Å². The van der Waals surface area contributed by atoms with Crippen molar-refractivity contribution in [1.82, 2.24) is 15.4 Å². The van der Waals surface area contributed by atoms with Crippen LogP contribution in [0.5, 0.6) is 0 Å². The second kappa shape index (κ2) is 11.9. The van der Waals surface area contributed by atoms with Crippen LogP contribution in [0.1, 0.15) is 29.6 Å². The molecule has 4 aromatic rings. The molecule has 0 bridgehead atoms. The number of hydrogen-bond donors (Lipinski definition) is 2. The number of nitrogens with one attached hydrogen (secondary N) is 2. The number of carbonyl (C=O) groups is 1. The normalized spacial score (nSPS) is 17.4. The second-order valence-electron chi connectivity index (χ2n) is 10.0. The summed E-state index contributed by atoms with van der Waals surface area (Å²) < 4.78 is 5.44. The second-order valence-corrected chi connectivity index (χ2v) is 10.0. The Bertz CT molecular complexity index is 1570. The number of anilines is 4. The summed E-state index contributed by atoms with van der Waals surface area (Å²) in [7, 11) is 0. The first-order chi connectivity index (χ1) is 20.1. The predicted octanol–water partition coefficient (Wildman–Crippen LogP) is 3.00. The number of piperazine rings is 1. The molecule has 41 heavy (non-hydrogen) atoms. The van der Waals surface area contributed by atoms with Gasteiger partial charge in [-0.3, -0.25) is 14.4 Å². The zero-order chi connectivity index (χ0) is 28.2. The molecule has 2 aliphatic rings. The van der Waals surface area contributed by atoms with E-state index >= 15 is 0 Å². The van der Waals surface area contributed by atoms with Crippen molar-refractivity contribution in [2.45, 2.75) is 25.6 Å². The van der Waals surface area contributed by atoms with Crippen molar-refractivity contribution in [3.8, 4) is 11.1 Å². The lowest BCUT2D eigenvalue weighted by Gasteiger charge is -2.37. The standard InChI is InChI=1S/C30H30N6O5/c37-27-25(33-23-10-6-9-21(17-23)20-7-2-1-3-8-20)26(28(27)38)35-12-14-36(15-13-35)30-31-18-22(19-32-30)29(39)34-41-24-11-4-5-16-40-24/h1-3,6-10,17-19,24,33H,4-5,11-16H2,(H,34,39). The number of hydroxylamine groups is 1. The van der Waals surface area contributed by atoms with Crippen LogP contribution in [-0.2, 0) is 9.57 Å². The average molecular weight is 555 g/mol. The molecule has 2 aliphatic heterocycles. The van der Waals surface area contributed by atoms with Crippen LogP contribution in [0.15, 0.2) is 76.6 Å². The summed E-state index contributed by atoms with van der Waals surface area (Å²) in [4.78, 5) is 55.4. The number of ether oxygens (including phenoxy) is 1. The molecule has 11 nitrogen and oxygen atoms in total. The first kappa shape index (κ1) is 26.6. The number of carbonyl (C=O) groups excluding carboxylic acids is 1.